The van der Waals surface area contributed by atoms with E-state index >= 15 is 0 Å². The number of benzene rings is 1. The van der Waals surface area contributed by atoms with Crippen LogP contribution in [0.15, 0.2) is 18.2 Å². The summed E-state index contributed by atoms with van der Waals surface area (Å²) in [5, 5.41) is 2.62. The molecule has 2 rings (SSSR count). The van der Waals surface area contributed by atoms with Crippen molar-refractivity contribution in [3.05, 3.63) is 40.6 Å². The van der Waals surface area contributed by atoms with Crippen LogP contribution >= 0.6 is 11.6 Å². The molecular weight excluding hydrogens is 260 g/mol. The van der Waals surface area contributed by atoms with E-state index in [1.807, 2.05) is 0 Å². The molecule has 0 saturated carbocycles. The maximum absolute atomic E-state index is 13.6. The smallest absolute Gasteiger partial charge is 0.186 e. The third-order valence-electron chi connectivity index (χ3n) is 2.43. The highest BCUT2D eigenvalue weighted by Gasteiger charge is 2.12. The summed E-state index contributed by atoms with van der Waals surface area (Å²) in [7, 11) is 1.56. The number of anilines is 1. The minimum Gasteiger partial charge on any atom is -0.371 e. The quantitative estimate of drug-likeness (QED) is 0.908. The number of hydrogen-bond acceptors (Lipinski definition) is 3. The van der Waals surface area contributed by atoms with Gasteiger partial charge in [-0.25, -0.2) is 18.7 Å². The highest BCUT2D eigenvalue weighted by Crippen LogP contribution is 2.24. The second-order valence-electron chi connectivity index (χ2n) is 3.67. The van der Waals surface area contributed by atoms with Gasteiger partial charge in [-0.2, -0.15) is 0 Å². The first-order chi connectivity index (χ1) is 8.52. The fourth-order valence-electron chi connectivity index (χ4n) is 1.49. The van der Waals surface area contributed by atoms with Gasteiger partial charge < -0.3 is 5.32 Å². The van der Waals surface area contributed by atoms with E-state index < -0.39 is 11.6 Å². The Morgan fingerprint density at radius 2 is 1.94 bits per heavy atom. The molecule has 0 fully saturated rings. The van der Waals surface area contributed by atoms with E-state index in [-0.39, 0.29) is 16.5 Å². The van der Waals surface area contributed by atoms with Crippen molar-refractivity contribution in [2.45, 2.75) is 6.92 Å². The van der Waals surface area contributed by atoms with Crippen LogP contribution in [0.1, 0.15) is 5.69 Å². The molecule has 0 spiro atoms. The molecule has 0 aliphatic rings. The first kappa shape index (κ1) is 12.7. The summed E-state index contributed by atoms with van der Waals surface area (Å²) in [6.07, 6.45) is 0. The van der Waals surface area contributed by atoms with E-state index in [0.29, 0.717) is 11.4 Å². The minimum atomic E-state index is -0.520. The third-order valence-corrected chi connectivity index (χ3v) is 2.72. The summed E-state index contributed by atoms with van der Waals surface area (Å²) in [5.41, 5.74) is 0.741. The molecule has 0 aliphatic heterocycles. The summed E-state index contributed by atoms with van der Waals surface area (Å²) in [6.45, 7) is 1.53. The van der Waals surface area contributed by atoms with Gasteiger partial charge in [0.2, 0.25) is 0 Å². The molecule has 0 saturated heterocycles. The minimum absolute atomic E-state index is 0.0240. The molecule has 0 unspecified atom stereocenters. The Hall–Kier alpha value is -1.75. The Labute approximate surface area is 108 Å². The second kappa shape index (κ2) is 4.86. The summed E-state index contributed by atoms with van der Waals surface area (Å²) in [6, 6.07) is 4.12. The average Bonchev–Trinajstić information content (AvgIpc) is 2.36. The van der Waals surface area contributed by atoms with E-state index in [2.05, 4.69) is 15.3 Å². The van der Waals surface area contributed by atoms with Crippen molar-refractivity contribution in [1.82, 2.24) is 9.97 Å². The lowest BCUT2D eigenvalue weighted by molar-refractivity contribution is 0.607. The number of aryl methyl sites for hydroxylation is 1. The number of nitrogens with zero attached hydrogens (tertiary/aromatic N) is 2. The molecule has 2 aromatic rings. The van der Waals surface area contributed by atoms with Gasteiger partial charge in [0.05, 0.1) is 10.7 Å². The van der Waals surface area contributed by atoms with Crippen LogP contribution in [0.4, 0.5) is 14.6 Å². The number of hydrogen-bond donors (Lipinski definition) is 1. The van der Waals surface area contributed by atoms with Crippen LogP contribution in [0, 0.1) is 18.6 Å². The standard InChI is InChI=1S/C12H10ClF2N3/c1-6-10(15)12(16-2)18-11(17-6)7-3-4-9(14)8(13)5-7/h3-5H,1-2H3,(H,16,17,18). The third kappa shape index (κ3) is 2.26. The molecule has 0 atom stereocenters. The Bertz CT molecular complexity index is 602. The lowest BCUT2D eigenvalue weighted by Gasteiger charge is -2.07. The molecule has 1 N–H and O–H groups in total. The first-order valence-electron chi connectivity index (χ1n) is 5.20. The summed E-state index contributed by atoms with van der Waals surface area (Å²) in [4.78, 5) is 8.03. The van der Waals surface area contributed by atoms with Crippen molar-refractivity contribution in [2.24, 2.45) is 0 Å². The van der Waals surface area contributed by atoms with Gasteiger partial charge in [-0.3, -0.25) is 0 Å². The van der Waals surface area contributed by atoms with Crippen molar-refractivity contribution >= 4 is 17.4 Å². The van der Waals surface area contributed by atoms with Gasteiger partial charge in [-0.1, -0.05) is 11.6 Å². The van der Waals surface area contributed by atoms with Crippen molar-refractivity contribution in [2.75, 3.05) is 12.4 Å². The molecule has 0 amide bonds. The van der Waals surface area contributed by atoms with Gasteiger partial charge in [0.15, 0.2) is 17.5 Å². The van der Waals surface area contributed by atoms with Gasteiger partial charge in [-0.05, 0) is 25.1 Å². The lowest BCUT2D eigenvalue weighted by Crippen LogP contribution is -2.03. The van der Waals surface area contributed by atoms with Crippen LogP contribution in [-0.4, -0.2) is 17.0 Å². The van der Waals surface area contributed by atoms with Crippen LogP contribution in [-0.2, 0) is 0 Å². The molecule has 0 aliphatic carbocycles. The topological polar surface area (TPSA) is 37.8 Å². The Morgan fingerprint density at radius 1 is 1.22 bits per heavy atom. The molecule has 3 nitrogen and oxygen atoms in total. The number of halogens is 3. The van der Waals surface area contributed by atoms with Gasteiger partial charge in [0.1, 0.15) is 5.82 Å². The molecular formula is C12H10ClF2N3. The molecule has 6 heteroatoms. The predicted octanol–water partition coefficient (Wildman–Crippen LogP) is 3.43. The highest BCUT2D eigenvalue weighted by molar-refractivity contribution is 6.31. The van der Waals surface area contributed by atoms with E-state index in [0.717, 1.165) is 0 Å². The molecule has 1 aromatic carbocycles. The summed E-state index contributed by atoms with van der Waals surface area (Å²) < 4.78 is 26.6. The lowest BCUT2D eigenvalue weighted by atomic mass is 10.2. The monoisotopic (exact) mass is 269 g/mol. The zero-order chi connectivity index (χ0) is 13.3. The average molecular weight is 270 g/mol. The second-order valence-corrected chi connectivity index (χ2v) is 4.08. The maximum atomic E-state index is 13.6. The van der Waals surface area contributed by atoms with Crippen LogP contribution in [0.5, 0.6) is 0 Å². The largest absolute Gasteiger partial charge is 0.371 e. The Kier molecular flexibility index (Phi) is 3.43. The normalized spacial score (nSPS) is 10.5. The summed E-state index contributed by atoms with van der Waals surface area (Å²) in [5.74, 6) is -0.638. The molecule has 1 aromatic heterocycles. The van der Waals surface area contributed by atoms with Crippen molar-refractivity contribution in [3.63, 3.8) is 0 Å². The molecule has 94 valence electrons. The van der Waals surface area contributed by atoms with Crippen LogP contribution in [0.3, 0.4) is 0 Å². The number of rotatable bonds is 2. The highest BCUT2D eigenvalue weighted by atomic mass is 35.5. The van der Waals surface area contributed by atoms with Crippen LogP contribution in [0.25, 0.3) is 11.4 Å². The van der Waals surface area contributed by atoms with E-state index in [1.54, 1.807) is 7.05 Å². The molecule has 18 heavy (non-hydrogen) atoms. The number of aromatic nitrogens is 2. The molecule has 1 heterocycles. The SMILES string of the molecule is CNc1nc(-c2ccc(F)c(Cl)c2)nc(C)c1F. The predicted molar refractivity (Wildman–Crippen MR) is 66.7 cm³/mol. The van der Waals surface area contributed by atoms with E-state index in [9.17, 15) is 8.78 Å². The maximum Gasteiger partial charge on any atom is 0.186 e. The fourth-order valence-corrected chi connectivity index (χ4v) is 1.67. The Balaban J connectivity index is 2.57. The van der Waals surface area contributed by atoms with Gasteiger partial charge in [0, 0.05) is 12.6 Å². The van der Waals surface area contributed by atoms with Gasteiger partial charge in [0.25, 0.3) is 0 Å². The van der Waals surface area contributed by atoms with Crippen LogP contribution in [0.2, 0.25) is 5.02 Å². The zero-order valence-electron chi connectivity index (χ0n) is 9.76. The van der Waals surface area contributed by atoms with Crippen molar-refractivity contribution in [3.8, 4) is 11.4 Å². The van der Waals surface area contributed by atoms with Crippen molar-refractivity contribution < 1.29 is 8.78 Å². The Morgan fingerprint density at radius 3 is 2.56 bits per heavy atom. The zero-order valence-corrected chi connectivity index (χ0v) is 10.5. The van der Waals surface area contributed by atoms with E-state index in [1.165, 1.54) is 25.1 Å². The van der Waals surface area contributed by atoms with Gasteiger partial charge in [-0.15, -0.1) is 0 Å². The molecule has 0 bridgehead atoms. The van der Waals surface area contributed by atoms with Crippen LogP contribution < -0.4 is 5.32 Å². The first-order valence-corrected chi connectivity index (χ1v) is 5.58. The summed E-state index contributed by atoms with van der Waals surface area (Å²) >= 11 is 5.69. The fraction of sp³-hybridized carbons (Fsp3) is 0.167. The number of nitrogens with one attached hydrogen (secondary N) is 1. The van der Waals surface area contributed by atoms with Gasteiger partial charge >= 0.3 is 0 Å². The van der Waals surface area contributed by atoms with Crippen molar-refractivity contribution in [1.29, 1.82) is 0 Å². The van der Waals surface area contributed by atoms with E-state index in [4.69, 9.17) is 11.6 Å². The molecule has 0 radical (unpaired) electrons.